The van der Waals surface area contributed by atoms with Crippen LogP contribution in [0.4, 0.5) is 52.7 Å². The van der Waals surface area contributed by atoms with Gasteiger partial charge in [-0.1, -0.05) is 149 Å². The van der Waals surface area contributed by atoms with Crippen LogP contribution in [-0.4, -0.2) is 39.8 Å². The normalized spacial score (nSPS) is 18.8. The molecule has 6 aromatic carbocycles. The van der Waals surface area contributed by atoms with E-state index in [-0.39, 0.29) is 24.0 Å². The van der Waals surface area contributed by atoms with E-state index in [0.717, 1.165) is 112 Å². The van der Waals surface area contributed by atoms with Gasteiger partial charge in [0.1, 0.15) is 34.3 Å². The van der Waals surface area contributed by atoms with Crippen LogP contribution in [0.3, 0.4) is 0 Å². The van der Waals surface area contributed by atoms with E-state index in [1.54, 1.807) is 0 Å². The second kappa shape index (κ2) is 28.8. The maximum Gasteiger partial charge on any atom is 0.392 e. The van der Waals surface area contributed by atoms with Crippen molar-refractivity contribution in [1.82, 2.24) is 0 Å². The zero-order chi connectivity index (χ0) is 61.1. The van der Waals surface area contributed by atoms with Gasteiger partial charge in [0, 0.05) is 38.6 Å². The number of hydrogen-bond acceptors (Lipinski definition) is 3. The topological polar surface area (TPSA) is 27.7 Å². The van der Waals surface area contributed by atoms with Crippen molar-refractivity contribution < 1.29 is 66.9 Å². The Labute approximate surface area is 492 Å². The maximum absolute atomic E-state index is 18.1. The van der Waals surface area contributed by atoms with E-state index in [4.69, 9.17) is 14.2 Å². The minimum absolute atomic E-state index is 0.000402. The molecule has 6 aromatic rings. The number of rotatable bonds is 26. The largest absolute Gasteiger partial charge is 0.456 e. The molecule has 0 amide bonds. The summed E-state index contributed by atoms with van der Waals surface area (Å²) in [5.41, 5.74) is -2.92. The van der Waals surface area contributed by atoms with Crippen LogP contribution in [-0.2, 0) is 47.0 Å². The third-order valence-corrected chi connectivity index (χ3v) is 17.9. The average molecular weight is 1200 g/mol. The van der Waals surface area contributed by atoms with Crippen LogP contribution >= 0.6 is 0 Å². The maximum atomic E-state index is 18.1. The molecule has 2 saturated carbocycles. The fraction of sp³-hybridized carbons (Fsp3) is 0.486. The van der Waals surface area contributed by atoms with Crippen molar-refractivity contribution in [3.8, 4) is 11.5 Å². The van der Waals surface area contributed by atoms with Crippen molar-refractivity contribution in [3.63, 3.8) is 0 Å². The van der Waals surface area contributed by atoms with Crippen LogP contribution in [0.2, 0.25) is 0 Å². The molecule has 3 nitrogen and oxygen atoms in total. The summed E-state index contributed by atoms with van der Waals surface area (Å²) in [6.45, 7) is 3.53. The first-order valence-electron chi connectivity index (χ1n) is 30.1. The fourth-order valence-corrected chi connectivity index (χ4v) is 13.1. The van der Waals surface area contributed by atoms with Gasteiger partial charge in [0.05, 0.1) is 11.8 Å². The van der Waals surface area contributed by atoms with Gasteiger partial charge < -0.3 is 14.2 Å². The van der Waals surface area contributed by atoms with Gasteiger partial charge in [-0.05, 0) is 170 Å². The van der Waals surface area contributed by atoms with Gasteiger partial charge in [0.25, 0.3) is 0 Å². The lowest BCUT2D eigenvalue weighted by atomic mass is 9.77. The van der Waals surface area contributed by atoms with Crippen LogP contribution in [0.1, 0.15) is 182 Å². The molecule has 0 bridgehead atoms. The molecule has 2 fully saturated rings. The van der Waals surface area contributed by atoms with E-state index in [2.05, 4.69) is 13.8 Å². The molecule has 0 radical (unpaired) electrons. The van der Waals surface area contributed by atoms with Gasteiger partial charge in [0.2, 0.25) is 0 Å². The van der Waals surface area contributed by atoms with Crippen LogP contribution in [0.25, 0.3) is 0 Å². The molecule has 0 N–H and O–H groups in total. The molecule has 8 rings (SSSR count). The van der Waals surface area contributed by atoms with E-state index >= 15 is 26.3 Å². The Bertz CT molecular complexity index is 2870. The number of hydrogen-bond donors (Lipinski definition) is 0. The predicted molar refractivity (Wildman–Crippen MR) is 309 cm³/mol. The first-order chi connectivity index (χ1) is 40.6. The quantitative estimate of drug-likeness (QED) is 0.0507. The number of ether oxygens (including phenoxy) is 3. The highest BCUT2D eigenvalue weighted by molar-refractivity contribution is 5.55. The van der Waals surface area contributed by atoms with Crippen LogP contribution in [0.5, 0.6) is 11.5 Å². The van der Waals surface area contributed by atoms with Crippen molar-refractivity contribution in [2.45, 2.75) is 165 Å². The first-order valence-corrected chi connectivity index (χ1v) is 30.1. The van der Waals surface area contributed by atoms with E-state index in [1.165, 1.54) is 63.5 Å². The molecule has 0 heterocycles. The molecule has 0 saturated heterocycles. The third-order valence-electron chi connectivity index (χ3n) is 17.9. The Morgan fingerprint density at radius 3 is 1.12 bits per heavy atom. The number of halogens is 12. The number of alkyl halides is 10. The predicted octanol–water partition coefficient (Wildman–Crippen LogP) is 20.9. The van der Waals surface area contributed by atoms with Crippen molar-refractivity contribution in [3.05, 3.63) is 200 Å². The molecule has 85 heavy (non-hydrogen) atoms. The van der Waals surface area contributed by atoms with E-state index < -0.39 is 131 Å². The average Bonchev–Trinajstić information content (AvgIpc) is 2.20. The zero-order valence-electron chi connectivity index (χ0n) is 48.9. The zero-order valence-corrected chi connectivity index (χ0v) is 48.9. The Hall–Kier alpha value is -5.80. The van der Waals surface area contributed by atoms with Crippen molar-refractivity contribution in [2.24, 2.45) is 23.7 Å². The molecule has 2 aliphatic rings. The smallest absolute Gasteiger partial charge is 0.392 e. The number of methoxy groups -OCH3 is 2. The summed E-state index contributed by atoms with van der Waals surface area (Å²) in [6, 6.07) is 28.6. The van der Waals surface area contributed by atoms with E-state index in [9.17, 15) is 26.3 Å². The number of benzene rings is 6. The third kappa shape index (κ3) is 16.0. The van der Waals surface area contributed by atoms with Crippen LogP contribution in [0.15, 0.2) is 121 Å². The minimum atomic E-state index is -4.94. The summed E-state index contributed by atoms with van der Waals surface area (Å²) < 4.78 is 211. The molecule has 460 valence electrons. The fourth-order valence-electron chi connectivity index (χ4n) is 13.1. The van der Waals surface area contributed by atoms with Gasteiger partial charge in [-0.25, -0.2) is 8.78 Å². The molecule has 0 spiro atoms. The van der Waals surface area contributed by atoms with Crippen molar-refractivity contribution in [2.75, 3.05) is 27.4 Å². The van der Waals surface area contributed by atoms with E-state index in [0.29, 0.717) is 34.8 Å². The molecular weight excluding hydrogens is 1120 g/mol. The minimum Gasteiger partial charge on any atom is -0.456 e. The van der Waals surface area contributed by atoms with Crippen LogP contribution in [0, 0.1) is 35.3 Å². The Morgan fingerprint density at radius 2 is 0.788 bits per heavy atom. The first kappa shape index (κ1) is 65.2. The van der Waals surface area contributed by atoms with E-state index in [1.807, 2.05) is 48.5 Å². The molecule has 2 aliphatic carbocycles. The lowest BCUT2D eigenvalue weighted by Gasteiger charge is -2.29. The summed E-state index contributed by atoms with van der Waals surface area (Å²) in [5.74, 6) is -17.4. The van der Waals surface area contributed by atoms with Crippen molar-refractivity contribution in [1.29, 1.82) is 0 Å². The lowest BCUT2D eigenvalue weighted by Crippen LogP contribution is -2.28. The van der Waals surface area contributed by atoms with Gasteiger partial charge >= 0.3 is 24.2 Å². The van der Waals surface area contributed by atoms with Crippen LogP contribution < -0.4 is 4.74 Å². The second-order valence-corrected chi connectivity index (χ2v) is 23.7. The van der Waals surface area contributed by atoms with Crippen molar-refractivity contribution >= 4 is 0 Å². The summed E-state index contributed by atoms with van der Waals surface area (Å²) in [5, 5.41) is 0. The molecule has 2 atom stereocenters. The van der Waals surface area contributed by atoms with Gasteiger partial charge in [-0.15, -0.1) is 0 Å². The highest BCUT2D eigenvalue weighted by Gasteiger charge is 2.48. The van der Waals surface area contributed by atoms with Gasteiger partial charge in [0.15, 0.2) is 0 Å². The Morgan fingerprint density at radius 1 is 0.435 bits per heavy atom. The second-order valence-electron chi connectivity index (χ2n) is 23.7. The summed E-state index contributed by atoms with van der Waals surface area (Å²) in [7, 11) is 2.34. The monoisotopic (exact) mass is 1190 g/mol. The highest BCUT2D eigenvalue weighted by atomic mass is 19.4. The summed E-state index contributed by atoms with van der Waals surface area (Å²) >= 11 is 0. The molecule has 0 aliphatic heterocycles. The Kier molecular flexibility index (Phi) is 22.1. The summed E-state index contributed by atoms with van der Waals surface area (Å²) in [4.78, 5) is 0. The molecule has 15 heteroatoms. The molecule has 2 unspecified atom stereocenters. The highest BCUT2D eigenvalue weighted by Crippen LogP contribution is 2.51. The summed E-state index contributed by atoms with van der Waals surface area (Å²) in [6.07, 6.45) is -0.538. The lowest BCUT2D eigenvalue weighted by molar-refractivity contribution is -0.179. The van der Waals surface area contributed by atoms with Gasteiger partial charge in [-0.3, -0.25) is 0 Å². The SMILES string of the molecule is CCCC1CCC(c2ccc(Cc3ccccc3C(F)(F)c3c(Oc4ccc(CC(CCOC)C(F)(F)F)c(F)c4C(F)(F)c4ccccc4Cc4ccc(C5CCC(CCC)CC5)cc4)ccc(CC(CCOC)C(F)(F)F)c3F)cc2)CC1. The molecule has 0 aromatic heterocycles. The van der Waals surface area contributed by atoms with Gasteiger partial charge in [-0.2, -0.15) is 43.9 Å². The Balaban J connectivity index is 1.21. The molecular formula is C70H78F12O3. The standard InChI is InChI=1S/C70H78F12O3/c1-5-11-45-17-25-49(26-18-45)51-29-21-47(22-30-51)41-53-13-7-9-15-59(53)67(73,74)63-61(35-33-55(65(63)71)43-57(37-39-83-3)69(77,78)79)85-62-36-34-56(44-58(38-40-84-4)70(80,81)82)66(72)64(62)68(75,76)60-16-10-8-14-54(60)42-48-23-31-52(32-24-48)50-27-19-46(12-6-2)20-28-50/h7-10,13-16,21-24,29-36,45-46,49-50,57-58H,5-6,11-12,17-20,25-28,37-44H2,1-4H3.